The van der Waals surface area contributed by atoms with Crippen LogP contribution in [0.5, 0.6) is 0 Å². The maximum atomic E-state index is 4.71. The van der Waals surface area contributed by atoms with Crippen molar-refractivity contribution in [3.8, 4) is 0 Å². The number of hydrogen-bond acceptors (Lipinski definition) is 4. The van der Waals surface area contributed by atoms with Crippen LogP contribution in [0.25, 0.3) is 10.2 Å². The lowest BCUT2D eigenvalue weighted by Gasteiger charge is -2.16. The molecule has 1 unspecified atom stereocenters. The van der Waals surface area contributed by atoms with E-state index in [0.717, 1.165) is 16.9 Å². The maximum absolute atomic E-state index is 4.71. The van der Waals surface area contributed by atoms with Gasteiger partial charge in [-0.2, -0.15) is 0 Å². The molecular weight excluding hydrogens is 266 g/mol. The highest BCUT2D eigenvalue weighted by molar-refractivity contribution is 7.18. The Morgan fingerprint density at radius 1 is 1.25 bits per heavy atom. The van der Waals surface area contributed by atoms with E-state index in [4.69, 9.17) is 4.98 Å². The van der Waals surface area contributed by atoms with Gasteiger partial charge >= 0.3 is 0 Å². The highest BCUT2D eigenvalue weighted by Crippen LogP contribution is 2.26. The van der Waals surface area contributed by atoms with Gasteiger partial charge in [-0.25, -0.2) is 4.98 Å². The van der Waals surface area contributed by atoms with Gasteiger partial charge in [-0.05, 0) is 43.3 Å². The highest BCUT2D eigenvalue weighted by Gasteiger charge is 2.15. The van der Waals surface area contributed by atoms with Crippen molar-refractivity contribution in [1.29, 1.82) is 0 Å². The van der Waals surface area contributed by atoms with Crippen LogP contribution in [0.4, 0.5) is 0 Å². The van der Waals surface area contributed by atoms with Gasteiger partial charge in [0.15, 0.2) is 0 Å². The van der Waals surface area contributed by atoms with Gasteiger partial charge in [0.1, 0.15) is 0 Å². The van der Waals surface area contributed by atoms with Crippen LogP contribution in [0.15, 0.2) is 42.7 Å². The zero-order chi connectivity index (χ0) is 13.9. The molecule has 2 aromatic heterocycles. The summed E-state index contributed by atoms with van der Waals surface area (Å²) < 4.78 is 1.25. The summed E-state index contributed by atoms with van der Waals surface area (Å²) in [6, 6.07) is 10.6. The lowest BCUT2D eigenvalue weighted by Crippen LogP contribution is -2.20. The molecule has 20 heavy (non-hydrogen) atoms. The topological polar surface area (TPSA) is 37.8 Å². The molecule has 0 fully saturated rings. The van der Waals surface area contributed by atoms with E-state index in [1.807, 2.05) is 25.5 Å². The van der Waals surface area contributed by atoms with Crippen molar-refractivity contribution >= 4 is 21.6 Å². The molecule has 1 N–H and O–H groups in total. The lowest BCUT2D eigenvalue weighted by atomic mass is 10.0. The first kappa shape index (κ1) is 13.2. The third kappa shape index (κ3) is 2.57. The van der Waals surface area contributed by atoms with E-state index in [2.05, 4.69) is 41.5 Å². The number of fused-ring (bicyclic) bond motifs is 1. The van der Waals surface area contributed by atoms with Crippen LogP contribution in [0.1, 0.15) is 22.2 Å². The Bertz CT molecular complexity index is 687. The molecule has 3 aromatic rings. The second-order valence-corrected chi connectivity index (χ2v) is 5.97. The summed E-state index contributed by atoms with van der Waals surface area (Å²) in [5.74, 6) is 0. The third-order valence-corrected chi connectivity index (χ3v) is 4.58. The largest absolute Gasteiger partial charge is 0.313 e. The van der Waals surface area contributed by atoms with E-state index in [-0.39, 0.29) is 6.04 Å². The number of rotatable bonds is 4. The van der Waals surface area contributed by atoms with E-state index in [1.54, 1.807) is 11.3 Å². The lowest BCUT2D eigenvalue weighted by molar-refractivity contribution is 0.585. The maximum Gasteiger partial charge on any atom is 0.0957 e. The Hall–Kier alpha value is -1.78. The van der Waals surface area contributed by atoms with Crippen LogP contribution in [0.3, 0.4) is 0 Å². The minimum atomic E-state index is 0.254. The summed E-state index contributed by atoms with van der Waals surface area (Å²) >= 11 is 1.77. The van der Waals surface area contributed by atoms with Crippen molar-refractivity contribution in [3.05, 3.63) is 58.9 Å². The average molecular weight is 283 g/mol. The number of para-hydroxylation sites is 1. The quantitative estimate of drug-likeness (QED) is 0.796. The summed E-state index contributed by atoms with van der Waals surface area (Å²) in [6.07, 6.45) is 4.68. The molecule has 2 heterocycles. The molecule has 3 nitrogen and oxygen atoms in total. The van der Waals surface area contributed by atoms with Gasteiger partial charge in [-0.1, -0.05) is 12.1 Å². The zero-order valence-electron chi connectivity index (χ0n) is 11.6. The Labute approximate surface area is 122 Å². The molecular formula is C16H17N3S. The monoisotopic (exact) mass is 283 g/mol. The van der Waals surface area contributed by atoms with Crippen LogP contribution < -0.4 is 5.32 Å². The molecule has 0 radical (unpaired) electrons. The van der Waals surface area contributed by atoms with Crippen LogP contribution in [-0.2, 0) is 6.42 Å². The molecule has 0 spiro atoms. The van der Waals surface area contributed by atoms with E-state index in [9.17, 15) is 0 Å². The molecule has 0 bridgehead atoms. The van der Waals surface area contributed by atoms with Gasteiger partial charge in [0.25, 0.3) is 0 Å². The number of benzene rings is 1. The first-order chi connectivity index (χ1) is 9.78. The molecule has 1 atom stereocenters. The molecule has 0 aliphatic heterocycles. The fourth-order valence-electron chi connectivity index (χ4n) is 2.39. The van der Waals surface area contributed by atoms with Crippen molar-refractivity contribution in [2.24, 2.45) is 0 Å². The third-order valence-electron chi connectivity index (χ3n) is 3.52. The highest BCUT2D eigenvalue weighted by atomic mass is 32.1. The van der Waals surface area contributed by atoms with Gasteiger partial charge in [0.2, 0.25) is 0 Å². The number of aromatic nitrogens is 2. The number of pyridine rings is 1. The molecule has 0 saturated heterocycles. The molecule has 0 aliphatic carbocycles. The standard InChI is InChI=1S/C16H17N3S/c1-11-7-8-18-10-12(11)14(17-2)9-16-19-13-5-3-4-6-15(13)20-16/h3-8,10,14,17H,9H2,1-2H3. The second kappa shape index (κ2) is 5.69. The summed E-state index contributed by atoms with van der Waals surface area (Å²) in [5.41, 5.74) is 3.60. The summed E-state index contributed by atoms with van der Waals surface area (Å²) in [5, 5.41) is 4.54. The normalized spacial score (nSPS) is 12.7. The van der Waals surface area contributed by atoms with E-state index in [1.165, 1.54) is 15.8 Å². The number of hydrogen-bond donors (Lipinski definition) is 1. The van der Waals surface area contributed by atoms with Gasteiger partial charge in [-0.3, -0.25) is 4.98 Å². The first-order valence-electron chi connectivity index (χ1n) is 6.70. The van der Waals surface area contributed by atoms with Gasteiger partial charge in [0, 0.05) is 24.9 Å². The van der Waals surface area contributed by atoms with E-state index in [0.29, 0.717) is 0 Å². The van der Waals surface area contributed by atoms with Crippen LogP contribution >= 0.6 is 11.3 Å². The summed E-state index contributed by atoms with van der Waals surface area (Å²) in [6.45, 7) is 2.12. The van der Waals surface area contributed by atoms with Crippen LogP contribution in [0, 0.1) is 6.92 Å². The Morgan fingerprint density at radius 3 is 2.85 bits per heavy atom. The molecule has 0 amide bonds. The van der Waals surface area contributed by atoms with E-state index < -0.39 is 0 Å². The van der Waals surface area contributed by atoms with Crippen molar-refractivity contribution in [2.75, 3.05) is 7.05 Å². The minimum Gasteiger partial charge on any atom is -0.313 e. The Kier molecular flexibility index (Phi) is 3.76. The summed E-state index contributed by atoms with van der Waals surface area (Å²) in [4.78, 5) is 8.96. The molecule has 3 rings (SSSR count). The van der Waals surface area contributed by atoms with E-state index >= 15 is 0 Å². The Balaban J connectivity index is 1.90. The average Bonchev–Trinajstić information content (AvgIpc) is 2.88. The van der Waals surface area contributed by atoms with Crippen molar-refractivity contribution in [2.45, 2.75) is 19.4 Å². The van der Waals surface area contributed by atoms with Gasteiger partial charge < -0.3 is 5.32 Å². The predicted molar refractivity (Wildman–Crippen MR) is 84.1 cm³/mol. The number of likely N-dealkylation sites (N-methyl/N-ethyl adjacent to an activating group) is 1. The fourth-order valence-corrected chi connectivity index (χ4v) is 3.40. The Morgan fingerprint density at radius 2 is 2.10 bits per heavy atom. The SMILES string of the molecule is CNC(Cc1nc2ccccc2s1)c1cnccc1C. The molecule has 4 heteroatoms. The first-order valence-corrected chi connectivity index (χ1v) is 7.52. The number of nitrogens with one attached hydrogen (secondary N) is 1. The molecule has 0 saturated carbocycles. The molecule has 1 aromatic carbocycles. The molecule has 0 aliphatic rings. The second-order valence-electron chi connectivity index (χ2n) is 4.85. The van der Waals surface area contributed by atoms with Crippen LogP contribution in [0.2, 0.25) is 0 Å². The molecule has 102 valence electrons. The number of thiazole rings is 1. The smallest absolute Gasteiger partial charge is 0.0957 e. The van der Waals surface area contributed by atoms with Crippen molar-refractivity contribution in [3.63, 3.8) is 0 Å². The number of aryl methyl sites for hydroxylation is 1. The predicted octanol–water partition coefficient (Wildman–Crippen LogP) is 3.50. The van der Waals surface area contributed by atoms with Gasteiger partial charge in [-0.15, -0.1) is 11.3 Å². The summed E-state index contributed by atoms with van der Waals surface area (Å²) in [7, 11) is 1.99. The van der Waals surface area contributed by atoms with Crippen LogP contribution in [-0.4, -0.2) is 17.0 Å². The zero-order valence-corrected chi connectivity index (χ0v) is 12.4. The van der Waals surface area contributed by atoms with Crippen molar-refractivity contribution < 1.29 is 0 Å². The fraction of sp³-hybridized carbons (Fsp3) is 0.250. The van der Waals surface area contributed by atoms with Crippen molar-refractivity contribution in [1.82, 2.24) is 15.3 Å². The number of nitrogens with zero attached hydrogens (tertiary/aromatic N) is 2. The minimum absolute atomic E-state index is 0.254. The van der Waals surface area contributed by atoms with Gasteiger partial charge in [0.05, 0.1) is 15.2 Å².